The van der Waals surface area contributed by atoms with E-state index >= 15 is 0 Å². The lowest BCUT2D eigenvalue weighted by molar-refractivity contribution is 0.354. The average molecular weight is 374 g/mol. The van der Waals surface area contributed by atoms with Gasteiger partial charge in [-0.15, -0.1) is 10.2 Å². The zero-order valence-electron chi connectivity index (χ0n) is 15.5. The summed E-state index contributed by atoms with van der Waals surface area (Å²) in [6.07, 6.45) is 0.704. The molecule has 4 rings (SSSR count). The first-order valence-corrected chi connectivity index (χ1v) is 8.75. The molecule has 0 fully saturated rings. The van der Waals surface area contributed by atoms with Crippen LogP contribution < -0.4 is 9.47 Å². The molecular weight excluding hydrogens is 356 g/mol. The second kappa shape index (κ2) is 7.08. The minimum absolute atomic E-state index is 0.167. The van der Waals surface area contributed by atoms with Crippen LogP contribution in [0.4, 0.5) is 11.5 Å². The number of aromatic hydroxyl groups is 1. The highest BCUT2D eigenvalue weighted by atomic mass is 16.5. The van der Waals surface area contributed by atoms with Crippen molar-refractivity contribution in [3.8, 4) is 34.6 Å². The van der Waals surface area contributed by atoms with Crippen LogP contribution in [-0.4, -0.2) is 23.9 Å². The van der Waals surface area contributed by atoms with Crippen molar-refractivity contribution < 1.29 is 14.6 Å². The molecule has 0 radical (unpaired) electrons. The second-order valence-corrected chi connectivity index (χ2v) is 6.31. The zero-order chi connectivity index (χ0) is 19.7. The maximum Gasteiger partial charge on any atom is 0.199 e. The molecule has 0 aliphatic carbocycles. The molecule has 0 spiro atoms. The summed E-state index contributed by atoms with van der Waals surface area (Å²) in [5.41, 5.74) is 3.29. The van der Waals surface area contributed by atoms with Gasteiger partial charge in [-0.2, -0.15) is 5.26 Å². The molecule has 0 bridgehead atoms. The van der Waals surface area contributed by atoms with Gasteiger partial charge in [0.1, 0.15) is 11.6 Å². The summed E-state index contributed by atoms with van der Waals surface area (Å²) < 4.78 is 12.6. The van der Waals surface area contributed by atoms with Gasteiger partial charge in [-0.05, 0) is 36.2 Å². The van der Waals surface area contributed by atoms with E-state index in [1.54, 1.807) is 14.2 Å². The van der Waals surface area contributed by atoms with E-state index in [9.17, 15) is 10.4 Å². The molecule has 0 saturated carbocycles. The summed E-state index contributed by atoms with van der Waals surface area (Å²) in [6.45, 7) is 0.566. The lowest BCUT2D eigenvalue weighted by Gasteiger charge is -2.22. The summed E-state index contributed by atoms with van der Waals surface area (Å²) in [6, 6.07) is 15.1. The molecule has 0 amide bonds. The van der Waals surface area contributed by atoms with Crippen LogP contribution >= 0.6 is 0 Å². The Bertz CT molecular complexity index is 1110. The van der Waals surface area contributed by atoms with Gasteiger partial charge < -0.3 is 19.1 Å². The first kappa shape index (κ1) is 17.6. The molecule has 3 aromatic rings. The van der Waals surface area contributed by atoms with Gasteiger partial charge in [0.25, 0.3) is 0 Å². The fraction of sp³-hybridized carbons (Fsp3) is 0.190. The van der Waals surface area contributed by atoms with Gasteiger partial charge in [0.2, 0.25) is 0 Å². The standard InChI is InChI=1S/C21H18N4O3/c1-27-17-10-13-8-9-25-19(15(13)11-18(17)28-2)16(12-22)20(26)21(25)24-23-14-6-4-3-5-7-14/h3-7,10-11,26H,8-9H2,1-2H3. The molecule has 1 aliphatic rings. The summed E-state index contributed by atoms with van der Waals surface area (Å²) in [5.74, 6) is 1.30. The molecule has 140 valence electrons. The predicted octanol–water partition coefficient (Wildman–Crippen LogP) is 4.72. The van der Waals surface area contributed by atoms with Crippen molar-refractivity contribution in [2.24, 2.45) is 10.2 Å². The van der Waals surface area contributed by atoms with E-state index in [-0.39, 0.29) is 17.1 Å². The molecule has 7 heteroatoms. The minimum atomic E-state index is -0.167. The molecule has 0 saturated heterocycles. The molecule has 0 atom stereocenters. The van der Waals surface area contributed by atoms with Crippen LogP contribution in [0, 0.1) is 11.3 Å². The Balaban J connectivity index is 1.89. The summed E-state index contributed by atoms with van der Waals surface area (Å²) in [4.78, 5) is 0. The fourth-order valence-electron chi connectivity index (χ4n) is 3.48. The fourth-order valence-corrected chi connectivity index (χ4v) is 3.48. The number of fused-ring (bicyclic) bond motifs is 3. The van der Waals surface area contributed by atoms with Gasteiger partial charge in [0, 0.05) is 12.1 Å². The number of hydrogen-bond acceptors (Lipinski definition) is 6. The van der Waals surface area contributed by atoms with Crippen LogP contribution in [-0.2, 0) is 13.0 Å². The summed E-state index contributed by atoms with van der Waals surface area (Å²) >= 11 is 0. The molecule has 2 aromatic carbocycles. The molecular formula is C21H18N4O3. The maximum atomic E-state index is 10.7. The van der Waals surface area contributed by atoms with Crippen molar-refractivity contribution in [2.45, 2.75) is 13.0 Å². The van der Waals surface area contributed by atoms with Crippen LogP contribution in [0.2, 0.25) is 0 Å². The highest BCUT2D eigenvalue weighted by Crippen LogP contribution is 2.47. The number of benzene rings is 2. The number of azo groups is 1. The largest absolute Gasteiger partial charge is 0.503 e. The summed E-state index contributed by atoms with van der Waals surface area (Å²) in [5, 5.41) is 28.8. The first-order valence-electron chi connectivity index (χ1n) is 8.75. The van der Waals surface area contributed by atoms with Crippen LogP contribution in [0.25, 0.3) is 11.3 Å². The third-order valence-electron chi connectivity index (χ3n) is 4.81. The molecule has 0 unspecified atom stereocenters. The number of methoxy groups -OCH3 is 2. The maximum absolute atomic E-state index is 10.7. The van der Waals surface area contributed by atoms with Crippen molar-refractivity contribution in [1.29, 1.82) is 5.26 Å². The van der Waals surface area contributed by atoms with Gasteiger partial charge in [0.15, 0.2) is 23.1 Å². The number of aryl methyl sites for hydroxylation is 1. The van der Waals surface area contributed by atoms with Crippen molar-refractivity contribution in [3.05, 3.63) is 53.6 Å². The Morgan fingerprint density at radius 1 is 1.07 bits per heavy atom. The number of nitriles is 1. The molecule has 1 aromatic heterocycles. The minimum Gasteiger partial charge on any atom is -0.503 e. The highest BCUT2D eigenvalue weighted by Gasteiger charge is 2.29. The normalized spacial score (nSPS) is 12.3. The quantitative estimate of drug-likeness (QED) is 0.669. The van der Waals surface area contributed by atoms with E-state index in [4.69, 9.17) is 9.47 Å². The van der Waals surface area contributed by atoms with Gasteiger partial charge >= 0.3 is 0 Å². The van der Waals surface area contributed by atoms with Crippen molar-refractivity contribution in [1.82, 2.24) is 4.57 Å². The molecule has 7 nitrogen and oxygen atoms in total. The molecule has 1 N–H and O–H groups in total. The van der Waals surface area contributed by atoms with E-state index < -0.39 is 0 Å². The SMILES string of the molecule is COc1cc2c(cc1OC)-c1c(C#N)c(O)c(N=Nc3ccccc3)n1CC2. The second-order valence-electron chi connectivity index (χ2n) is 6.31. The van der Waals surface area contributed by atoms with Crippen LogP contribution in [0.15, 0.2) is 52.7 Å². The van der Waals surface area contributed by atoms with Crippen LogP contribution in [0.3, 0.4) is 0 Å². The van der Waals surface area contributed by atoms with Gasteiger partial charge in [-0.25, -0.2) is 0 Å². The topological polar surface area (TPSA) is 92.1 Å². The van der Waals surface area contributed by atoms with E-state index in [0.717, 1.165) is 11.1 Å². The average Bonchev–Trinajstić information content (AvgIpc) is 3.02. The molecule has 28 heavy (non-hydrogen) atoms. The Morgan fingerprint density at radius 3 is 2.46 bits per heavy atom. The van der Waals surface area contributed by atoms with Gasteiger partial charge in [-0.1, -0.05) is 18.2 Å². The first-order chi connectivity index (χ1) is 13.7. The summed E-state index contributed by atoms with van der Waals surface area (Å²) in [7, 11) is 3.15. The Kier molecular flexibility index (Phi) is 4.45. The Morgan fingerprint density at radius 2 is 1.79 bits per heavy atom. The number of rotatable bonds is 4. The monoisotopic (exact) mass is 374 g/mol. The highest BCUT2D eigenvalue weighted by molar-refractivity contribution is 5.81. The van der Waals surface area contributed by atoms with E-state index in [0.29, 0.717) is 35.8 Å². The third-order valence-corrected chi connectivity index (χ3v) is 4.81. The number of ether oxygens (including phenoxy) is 2. The number of aromatic nitrogens is 1. The van der Waals surface area contributed by atoms with Crippen molar-refractivity contribution in [2.75, 3.05) is 14.2 Å². The third kappa shape index (κ3) is 2.76. The van der Waals surface area contributed by atoms with Crippen LogP contribution in [0.5, 0.6) is 17.2 Å². The number of nitrogens with zero attached hydrogens (tertiary/aromatic N) is 4. The lowest BCUT2D eigenvalue weighted by Crippen LogP contribution is -2.11. The predicted molar refractivity (Wildman–Crippen MR) is 104 cm³/mol. The number of hydrogen-bond donors (Lipinski definition) is 1. The van der Waals surface area contributed by atoms with E-state index in [2.05, 4.69) is 16.3 Å². The van der Waals surface area contributed by atoms with E-state index in [1.807, 2.05) is 47.0 Å². The molecule has 2 heterocycles. The Labute approximate surface area is 162 Å². The van der Waals surface area contributed by atoms with Crippen molar-refractivity contribution in [3.63, 3.8) is 0 Å². The molecule has 1 aliphatic heterocycles. The lowest BCUT2D eigenvalue weighted by atomic mass is 9.95. The van der Waals surface area contributed by atoms with Crippen molar-refractivity contribution >= 4 is 11.5 Å². The van der Waals surface area contributed by atoms with E-state index in [1.165, 1.54) is 0 Å². The van der Waals surface area contributed by atoms with Gasteiger partial charge in [-0.3, -0.25) is 0 Å². The smallest absolute Gasteiger partial charge is 0.199 e. The van der Waals surface area contributed by atoms with Gasteiger partial charge in [0.05, 0.1) is 25.6 Å². The zero-order valence-corrected chi connectivity index (χ0v) is 15.5. The van der Waals surface area contributed by atoms with Crippen LogP contribution in [0.1, 0.15) is 11.1 Å². The Hall–Kier alpha value is -3.79.